The molecule has 0 aliphatic heterocycles. The fraction of sp³-hybridized carbons (Fsp3) is 0.222. The van der Waals surface area contributed by atoms with Crippen LogP contribution < -0.4 is 0 Å². The van der Waals surface area contributed by atoms with Gasteiger partial charge in [-0.25, -0.2) is 0 Å². The van der Waals surface area contributed by atoms with Crippen LogP contribution >= 0.6 is 0 Å². The summed E-state index contributed by atoms with van der Waals surface area (Å²) in [5.74, 6) is 0.609. The first-order chi connectivity index (χ1) is 5.83. The first-order valence-corrected chi connectivity index (χ1v) is 3.77. The number of fused-ring (bicyclic) bond motifs is 1. The highest BCUT2D eigenvalue weighted by molar-refractivity contribution is 6.10. The number of Topliss-reactive ketones (excluding diaryl/α,β-unsaturated/α-hetero) is 1. The van der Waals surface area contributed by atoms with E-state index in [1.165, 1.54) is 6.26 Å². The molecule has 0 radical (unpaired) electrons. The molecule has 1 N–H and O–H groups in total. The van der Waals surface area contributed by atoms with E-state index in [4.69, 9.17) is 9.52 Å². The van der Waals surface area contributed by atoms with Gasteiger partial charge in [0.1, 0.15) is 5.76 Å². The van der Waals surface area contributed by atoms with Gasteiger partial charge in [0.25, 0.3) is 0 Å². The topological polar surface area (TPSA) is 50.4 Å². The summed E-state index contributed by atoms with van der Waals surface area (Å²) < 4.78 is 5.09. The van der Waals surface area contributed by atoms with E-state index >= 15 is 0 Å². The maximum Gasteiger partial charge on any atom is 0.195 e. The fourth-order valence-corrected chi connectivity index (χ4v) is 1.39. The first-order valence-electron chi connectivity index (χ1n) is 3.77. The normalized spacial score (nSPS) is 19.7. The van der Waals surface area contributed by atoms with Crippen molar-refractivity contribution in [3.05, 3.63) is 35.5 Å². The quantitative estimate of drug-likeness (QED) is 0.470. The molecule has 1 aliphatic carbocycles. The third-order valence-electron chi connectivity index (χ3n) is 2.06. The Bertz CT molecular complexity index is 346. The van der Waals surface area contributed by atoms with E-state index in [1.807, 2.05) is 0 Å². The van der Waals surface area contributed by atoms with Crippen molar-refractivity contribution in [2.24, 2.45) is 0 Å². The second-order valence-electron chi connectivity index (χ2n) is 2.74. The highest BCUT2D eigenvalue weighted by atomic mass is 16.3. The minimum Gasteiger partial charge on any atom is -0.515 e. The number of rotatable bonds is 0. The van der Waals surface area contributed by atoms with E-state index in [0.29, 0.717) is 24.0 Å². The minimum atomic E-state index is -0.118. The number of aliphatic hydroxyl groups excluding tert-OH is 1. The molecule has 1 heterocycles. The monoisotopic (exact) mass is 164 g/mol. The summed E-state index contributed by atoms with van der Waals surface area (Å²) in [5, 5.41) is 8.71. The number of hydrogen-bond acceptors (Lipinski definition) is 3. The lowest BCUT2D eigenvalue weighted by atomic mass is 9.93. The zero-order valence-electron chi connectivity index (χ0n) is 6.41. The van der Waals surface area contributed by atoms with Gasteiger partial charge in [0.15, 0.2) is 5.78 Å². The van der Waals surface area contributed by atoms with E-state index in [9.17, 15) is 4.79 Å². The van der Waals surface area contributed by atoms with Crippen molar-refractivity contribution in [1.29, 1.82) is 0 Å². The third kappa shape index (κ3) is 0.863. The van der Waals surface area contributed by atoms with Crippen LogP contribution in [-0.2, 0) is 6.42 Å². The number of carbonyl (C=O) groups is 1. The van der Waals surface area contributed by atoms with Crippen LogP contribution in [0.3, 0.4) is 0 Å². The van der Waals surface area contributed by atoms with Crippen LogP contribution in [0.2, 0.25) is 0 Å². The van der Waals surface area contributed by atoms with Crippen LogP contribution in [0.4, 0.5) is 0 Å². The van der Waals surface area contributed by atoms with E-state index in [1.54, 1.807) is 6.07 Å². The average molecular weight is 164 g/mol. The maximum absolute atomic E-state index is 11.4. The van der Waals surface area contributed by atoms with E-state index in [0.717, 1.165) is 12.0 Å². The molecule has 0 spiro atoms. The Balaban J connectivity index is 2.49. The molecular formula is C9H8O3. The van der Waals surface area contributed by atoms with Gasteiger partial charge in [-0.2, -0.15) is 0 Å². The Hall–Kier alpha value is -1.51. The zero-order valence-corrected chi connectivity index (χ0v) is 6.41. The third-order valence-corrected chi connectivity index (χ3v) is 2.06. The summed E-state index contributed by atoms with van der Waals surface area (Å²) in [6.45, 7) is 0. The van der Waals surface area contributed by atoms with E-state index in [-0.39, 0.29) is 5.78 Å². The summed E-state index contributed by atoms with van der Waals surface area (Å²) in [7, 11) is 0. The highest BCUT2D eigenvalue weighted by Crippen LogP contribution is 2.25. The summed E-state index contributed by atoms with van der Waals surface area (Å²) in [4.78, 5) is 11.4. The van der Waals surface area contributed by atoms with Gasteiger partial charge in [-0.3, -0.25) is 4.79 Å². The average Bonchev–Trinajstić information content (AvgIpc) is 2.53. The van der Waals surface area contributed by atoms with E-state index < -0.39 is 0 Å². The number of aryl methyl sites for hydroxylation is 1. The molecule has 12 heavy (non-hydrogen) atoms. The number of allylic oxidation sites excluding steroid dienone is 1. The van der Waals surface area contributed by atoms with Gasteiger partial charge in [0.2, 0.25) is 0 Å². The van der Waals surface area contributed by atoms with Gasteiger partial charge in [-0.05, 0) is 12.5 Å². The van der Waals surface area contributed by atoms with Gasteiger partial charge in [0, 0.05) is 12.0 Å². The molecule has 3 heteroatoms. The molecule has 1 aliphatic rings. The van der Waals surface area contributed by atoms with Crippen molar-refractivity contribution in [1.82, 2.24) is 0 Å². The van der Waals surface area contributed by atoms with Gasteiger partial charge in [-0.1, -0.05) is 0 Å². The van der Waals surface area contributed by atoms with Crippen LogP contribution in [-0.4, -0.2) is 10.9 Å². The molecule has 3 nitrogen and oxygen atoms in total. The summed E-state index contributed by atoms with van der Waals surface area (Å²) >= 11 is 0. The minimum absolute atomic E-state index is 0.118. The largest absolute Gasteiger partial charge is 0.515 e. The fourth-order valence-electron chi connectivity index (χ4n) is 1.39. The van der Waals surface area contributed by atoms with Crippen molar-refractivity contribution >= 4 is 5.78 Å². The Morgan fingerprint density at radius 3 is 3.08 bits per heavy atom. The van der Waals surface area contributed by atoms with Gasteiger partial charge < -0.3 is 9.52 Å². The molecule has 0 saturated heterocycles. The van der Waals surface area contributed by atoms with Gasteiger partial charge in [0.05, 0.1) is 18.1 Å². The number of hydrogen-bond donors (Lipinski definition) is 1. The lowest BCUT2D eigenvalue weighted by Gasteiger charge is -2.10. The molecule has 0 amide bonds. The Morgan fingerprint density at radius 2 is 2.33 bits per heavy atom. The number of carbonyl (C=O) groups excluding carboxylic acids is 1. The molecule has 62 valence electrons. The summed E-state index contributed by atoms with van der Waals surface area (Å²) in [6.07, 6.45) is 3.65. The second kappa shape index (κ2) is 2.52. The van der Waals surface area contributed by atoms with Crippen LogP contribution in [0.1, 0.15) is 22.5 Å². The number of aliphatic hydroxyl groups is 1. The Morgan fingerprint density at radius 1 is 1.50 bits per heavy atom. The van der Waals surface area contributed by atoms with Crippen LogP contribution in [0.15, 0.2) is 28.6 Å². The molecule has 0 unspecified atom stereocenters. The SMILES string of the molecule is O=C1/C(=C/O)CCc2occc21. The number of furan rings is 1. The first kappa shape index (κ1) is 7.16. The maximum atomic E-state index is 11.4. The molecule has 0 saturated carbocycles. The second-order valence-corrected chi connectivity index (χ2v) is 2.74. The smallest absolute Gasteiger partial charge is 0.195 e. The molecule has 2 rings (SSSR count). The van der Waals surface area contributed by atoms with E-state index in [2.05, 4.69) is 0 Å². The van der Waals surface area contributed by atoms with Crippen LogP contribution in [0.5, 0.6) is 0 Å². The lowest BCUT2D eigenvalue weighted by molar-refractivity contribution is 0.102. The highest BCUT2D eigenvalue weighted by Gasteiger charge is 2.23. The van der Waals surface area contributed by atoms with Crippen LogP contribution in [0, 0.1) is 0 Å². The predicted molar refractivity (Wildman–Crippen MR) is 42.1 cm³/mol. The Kier molecular flexibility index (Phi) is 1.50. The van der Waals surface area contributed by atoms with Crippen LogP contribution in [0.25, 0.3) is 0 Å². The number of ketones is 1. The lowest BCUT2D eigenvalue weighted by Crippen LogP contribution is -2.11. The predicted octanol–water partition coefficient (Wildman–Crippen LogP) is 1.85. The Labute approximate surface area is 69.3 Å². The van der Waals surface area contributed by atoms with Crippen molar-refractivity contribution in [3.63, 3.8) is 0 Å². The van der Waals surface area contributed by atoms with Crippen molar-refractivity contribution in [2.45, 2.75) is 12.8 Å². The molecule has 1 aromatic rings. The van der Waals surface area contributed by atoms with Crippen molar-refractivity contribution in [2.75, 3.05) is 0 Å². The van der Waals surface area contributed by atoms with Gasteiger partial charge >= 0.3 is 0 Å². The molecule has 0 atom stereocenters. The summed E-state index contributed by atoms with van der Waals surface area (Å²) in [5.41, 5.74) is 1.05. The molecule has 0 aromatic carbocycles. The van der Waals surface area contributed by atoms with Crippen molar-refractivity contribution < 1.29 is 14.3 Å². The molecule has 1 aromatic heterocycles. The molecular weight excluding hydrogens is 156 g/mol. The van der Waals surface area contributed by atoms with Crippen molar-refractivity contribution in [3.8, 4) is 0 Å². The summed E-state index contributed by atoms with van der Waals surface area (Å²) in [6, 6.07) is 1.64. The standard InChI is InChI=1S/C9H8O3/c10-5-6-1-2-8-7(9(6)11)3-4-12-8/h3-5,10H,1-2H2/b6-5+. The molecule has 0 fully saturated rings. The van der Waals surface area contributed by atoms with Gasteiger partial charge in [-0.15, -0.1) is 0 Å². The zero-order chi connectivity index (χ0) is 8.55. The molecule has 0 bridgehead atoms.